The lowest BCUT2D eigenvalue weighted by Gasteiger charge is -2.32. The second kappa shape index (κ2) is 7.20. The first-order valence-electron chi connectivity index (χ1n) is 9.43. The predicted octanol–water partition coefficient (Wildman–Crippen LogP) is 2.73. The normalized spacial score (nSPS) is 18.2. The zero-order valence-electron chi connectivity index (χ0n) is 15.6. The van der Waals surface area contributed by atoms with Crippen LogP contribution < -0.4 is 5.32 Å². The number of aromatic nitrogens is 3. The number of hydrogen-bond donors (Lipinski definition) is 1. The van der Waals surface area contributed by atoms with Gasteiger partial charge in [0.15, 0.2) is 0 Å². The molecule has 0 bridgehead atoms. The van der Waals surface area contributed by atoms with E-state index >= 15 is 0 Å². The molecule has 0 atom stereocenters. The average molecular weight is 393 g/mol. The van der Waals surface area contributed by atoms with E-state index in [1.165, 1.54) is 5.69 Å². The lowest BCUT2D eigenvalue weighted by atomic mass is 9.91. The van der Waals surface area contributed by atoms with Gasteiger partial charge < -0.3 is 14.8 Å². The molecule has 28 heavy (non-hydrogen) atoms. The van der Waals surface area contributed by atoms with Crippen LogP contribution in [0, 0.1) is 6.92 Å². The Morgan fingerprint density at radius 1 is 1.25 bits per heavy atom. The fourth-order valence-electron chi connectivity index (χ4n) is 4.08. The number of aryl methyl sites for hydroxylation is 1. The van der Waals surface area contributed by atoms with Crippen molar-refractivity contribution in [3.8, 4) is 0 Å². The Morgan fingerprint density at radius 2 is 2.00 bits per heavy atom. The molecule has 0 aliphatic carbocycles. The number of nitrogens with one attached hydrogen (secondary N) is 1. The molecule has 2 aromatic rings. The van der Waals surface area contributed by atoms with Crippen LogP contribution in [0.1, 0.15) is 52.0 Å². The fraction of sp³-hybridized carbons (Fsp3) is 0.526. The van der Waals surface area contributed by atoms with E-state index in [4.69, 9.17) is 4.98 Å². The average Bonchev–Trinajstić information content (AvgIpc) is 3.04. The third-order valence-corrected chi connectivity index (χ3v) is 5.57. The standard InChI is InChI=1S/C19H22F3N5O/c1-12-25-17(16-11-23-6-9-27(12)16)13-3-7-26(8-4-13)18(28)15-10-14(2-5-24-15)19(20,21)22/h2,5,10,13,23H,3-4,6-9,11H2,1H3. The van der Waals surface area contributed by atoms with Crippen molar-refractivity contribution in [1.82, 2.24) is 24.8 Å². The lowest BCUT2D eigenvalue weighted by molar-refractivity contribution is -0.137. The summed E-state index contributed by atoms with van der Waals surface area (Å²) in [7, 11) is 0. The number of alkyl halides is 3. The molecule has 0 saturated carbocycles. The van der Waals surface area contributed by atoms with Crippen LogP contribution in [0.5, 0.6) is 0 Å². The van der Waals surface area contributed by atoms with Crippen molar-refractivity contribution < 1.29 is 18.0 Å². The van der Waals surface area contributed by atoms with Gasteiger partial charge in [0.2, 0.25) is 0 Å². The zero-order valence-corrected chi connectivity index (χ0v) is 15.6. The molecule has 1 amide bonds. The topological polar surface area (TPSA) is 63.1 Å². The van der Waals surface area contributed by atoms with E-state index in [1.54, 1.807) is 4.90 Å². The highest BCUT2D eigenvalue weighted by atomic mass is 19.4. The Hall–Kier alpha value is -2.42. The van der Waals surface area contributed by atoms with Crippen molar-refractivity contribution in [2.45, 2.75) is 44.9 Å². The van der Waals surface area contributed by atoms with E-state index in [9.17, 15) is 18.0 Å². The lowest BCUT2D eigenvalue weighted by Crippen LogP contribution is -2.39. The second-order valence-corrected chi connectivity index (χ2v) is 7.31. The summed E-state index contributed by atoms with van der Waals surface area (Å²) in [5.74, 6) is 0.820. The van der Waals surface area contributed by atoms with Crippen LogP contribution in [0.2, 0.25) is 0 Å². The molecule has 4 heterocycles. The first kappa shape index (κ1) is 18.9. The summed E-state index contributed by atoms with van der Waals surface area (Å²) in [4.78, 5) is 22.8. The van der Waals surface area contributed by atoms with Crippen LogP contribution in [0.25, 0.3) is 0 Å². The van der Waals surface area contributed by atoms with E-state index in [-0.39, 0.29) is 11.6 Å². The van der Waals surface area contributed by atoms with Gasteiger partial charge in [0.1, 0.15) is 11.5 Å². The van der Waals surface area contributed by atoms with Gasteiger partial charge in [-0.15, -0.1) is 0 Å². The molecule has 4 rings (SSSR count). The monoisotopic (exact) mass is 393 g/mol. The van der Waals surface area contributed by atoms with E-state index in [1.807, 2.05) is 6.92 Å². The summed E-state index contributed by atoms with van der Waals surface area (Å²) < 4.78 is 40.9. The number of imidazole rings is 1. The number of halogens is 3. The van der Waals surface area contributed by atoms with Crippen molar-refractivity contribution in [2.24, 2.45) is 0 Å². The van der Waals surface area contributed by atoms with Crippen LogP contribution in [0.3, 0.4) is 0 Å². The van der Waals surface area contributed by atoms with Crippen LogP contribution in [-0.4, -0.2) is 45.0 Å². The summed E-state index contributed by atoms with van der Waals surface area (Å²) in [6, 6.07) is 1.70. The van der Waals surface area contributed by atoms with Gasteiger partial charge >= 0.3 is 6.18 Å². The molecule has 2 aliphatic rings. The first-order chi connectivity index (χ1) is 13.3. The number of carbonyl (C=O) groups is 1. The highest BCUT2D eigenvalue weighted by Crippen LogP contribution is 2.32. The molecule has 0 spiro atoms. The minimum Gasteiger partial charge on any atom is -0.337 e. The summed E-state index contributed by atoms with van der Waals surface area (Å²) in [6.45, 7) is 5.62. The smallest absolute Gasteiger partial charge is 0.337 e. The maximum absolute atomic E-state index is 12.9. The van der Waals surface area contributed by atoms with Gasteiger partial charge in [-0.05, 0) is 31.9 Å². The van der Waals surface area contributed by atoms with Gasteiger partial charge in [0.05, 0.1) is 17.0 Å². The Balaban J connectivity index is 1.46. The number of hydrogen-bond acceptors (Lipinski definition) is 4. The molecule has 150 valence electrons. The third-order valence-electron chi connectivity index (χ3n) is 5.57. The van der Waals surface area contributed by atoms with Crippen molar-refractivity contribution in [2.75, 3.05) is 19.6 Å². The molecule has 1 N–H and O–H groups in total. The van der Waals surface area contributed by atoms with Crippen LogP contribution in [0.4, 0.5) is 13.2 Å². The molecule has 0 aromatic carbocycles. The number of pyridine rings is 1. The Bertz CT molecular complexity index is 884. The third kappa shape index (κ3) is 3.50. The molecular weight excluding hydrogens is 371 g/mol. The number of carbonyl (C=O) groups excluding carboxylic acids is 1. The Labute approximate surface area is 160 Å². The van der Waals surface area contributed by atoms with Crippen molar-refractivity contribution >= 4 is 5.91 Å². The maximum atomic E-state index is 12.9. The number of likely N-dealkylation sites (tertiary alicyclic amines) is 1. The molecular formula is C19H22F3N5O. The van der Waals surface area contributed by atoms with E-state index < -0.39 is 17.6 Å². The number of piperidine rings is 1. The molecule has 9 heteroatoms. The van der Waals surface area contributed by atoms with E-state index in [0.717, 1.165) is 62.3 Å². The van der Waals surface area contributed by atoms with E-state index in [0.29, 0.717) is 13.1 Å². The summed E-state index contributed by atoms with van der Waals surface area (Å²) in [6.07, 6.45) is -1.96. The fourth-order valence-corrected chi connectivity index (χ4v) is 4.08. The van der Waals surface area contributed by atoms with Gasteiger partial charge in [0.25, 0.3) is 5.91 Å². The Kier molecular flexibility index (Phi) is 4.86. The zero-order chi connectivity index (χ0) is 19.9. The quantitative estimate of drug-likeness (QED) is 0.852. The minimum absolute atomic E-state index is 0.160. The molecule has 6 nitrogen and oxygen atoms in total. The van der Waals surface area contributed by atoms with Gasteiger partial charge in [-0.3, -0.25) is 9.78 Å². The van der Waals surface area contributed by atoms with Crippen molar-refractivity contribution in [3.05, 3.63) is 46.8 Å². The summed E-state index contributed by atoms with van der Waals surface area (Å²) in [5.41, 5.74) is 1.29. The number of rotatable bonds is 2. The van der Waals surface area contributed by atoms with Crippen LogP contribution in [0.15, 0.2) is 18.3 Å². The maximum Gasteiger partial charge on any atom is 0.416 e. The highest BCUT2D eigenvalue weighted by Gasteiger charge is 2.33. The molecule has 0 radical (unpaired) electrons. The van der Waals surface area contributed by atoms with Crippen LogP contribution in [-0.2, 0) is 19.3 Å². The largest absolute Gasteiger partial charge is 0.416 e. The van der Waals surface area contributed by atoms with Crippen molar-refractivity contribution in [3.63, 3.8) is 0 Å². The van der Waals surface area contributed by atoms with E-state index in [2.05, 4.69) is 14.9 Å². The molecule has 0 unspecified atom stereocenters. The Morgan fingerprint density at radius 3 is 2.71 bits per heavy atom. The number of amides is 1. The number of fused-ring (bicyclic) bond motifs is 1. The molecule has 2 aromatic heterocycles. The van der Waals surface area contributed by atoms with Gasteiger partial charge in [0, 0.05) is 44.8 Å². The molecule has 1 fully saturated rings. The predicted molar refractivity (Wildman–Crippen MR) is 95.8 cm³/mol. The highest BCUT2D eigenvalue weighted by molar-refractivity contribution is 5.92. The summed E-state index contributed by atoms with van der Waals surface area (Å²) >= 11 is 0. The first-order valence-corrected chi connectivity index (χ1v) is 9.43. The van der Waals surface area contributed by atoms with Crippen molar-refractivity contribution in [1.29, 1.82) is 0 Å². The molecule has 1 saturated heterocycles. The summed E-state index contributed by atoms with van der Waals surface area (Å²) in [5, 5.41) is 3.37. The van der Waals surface area contributed by atoms with Crippen LogP contribution >= 0.6 is 0 Å². The van der Waals surface area contributed by atoms with Gasteiger partial charge in [-0.1, -0.05) is 0 Å². The SMILES string of the molecule is Cc1nc(C2CCN(C(=O)c3cc(C(F)(F)F)ccn3)CC2)c2n1CCNC2. The number of nitrogens with zero attached hydrogens (tertiary/aromatic N) is 4. The van der Waals surface area contributed by atoms with Gasteiger partial charge in [-0.2, -0.15) is 13.2 Å². The molecule has 2 aliphatic heterocycles. The minimum atomic E-state index is -4.49. The second-order valence-electron chi connectivity index (χ2n) is 7.31. The van der Waals surface area contributed by atoms with Gasteiger partial charge in [-0.25, -0.2) is 4.98 Å².